The third-order valence-electron chi connectivity index (χ3n) is 2.65. The third-order valence-corrected chi connectivity index (χ3v) is 2.65. The first kappa shape index (κ1) is 15.0. The summed E-state index contributed by atoms with van der Waals surface area (Å²) in [5.74, 6) is 0. The minimum atomic E-state index is -0.0745. The number of aryl methyl sites for hydroxylation is 1. The monoisotopic (exact) mass is 259 g/mol. The highest BCUT2D eigenvalue weighted by atomic mass is 16.2. The summed E-state index contributed by atoms with van der Waals surface area (Å²) in [6, 6.07) is 3.90. The molecule has 1 aromatic heterocycles. The molecule has 4 nitrogen and oxygen atoms in total. The average molecular weight is 259 g/mol. The molecule has 1 N–H and O–H groups in total. The Kier molecular flexibility index (Phi) is 7.02. The fourth-order valence-electron chi connectivity index (χ4n) is 1.70. The van der Waals surface area contributed by atoms with Crippen LogP contribution in [0.4, 0.5) is 4.79 Å². The van der Waals surface area contributed by atoms with E-state index >= 15 is 0 Å². The number of urea groups is 1. The summed E-state index contributed by atoms with van der Waals surface area (Å²) in [5.41, 5.74) is 1.23. The molecule has 0 aliphatic carbocycles. The Morgan fingerprint density at radius 3 is 2.47 bits per heavy atom. The zero-order valence-electron chi connectivity index (χ0n) is 11.2. The maximum atomic E-state index is 11.8. The van der Waals surface area contributed by atoms with Crippen LogP contribution in [0, 0.1) is 0 Å². The van der Waals surface area contributed by atoms with Crippen molar-refractivity contribution in [2.75, 3.05) is 19.6 Å². The van der Waals surface area contributed by atoms with E-state index in [4.69, 9.17) is 0 Å². The van der Waals surface area contributed by atoms with Crippen molar-refractivity contribution < 1.29 is 4.79 Å². The molecule has 0 spiro atoms. The van der Waals surface area contributed by atoms with Crippen LogP contribution in [-0.4, -0.2) is 35.5 Å². The van der Waals surface area contributed by atoms with Crippen LogP contribution in [0.2, 0.25) is 0 Å². The summed E-state index contributed by atoms with van der Waals surface area (Å²) >= 11 is 0. The highest BCUT2D eigenvalue weighted by Crippen LogP contribution is 2.00. The normalized spacial score (nSPS) is 9.68. The van der Waals surface area contributed by atoms with Crippen LogP contribution < -0.4 is 5.32 Å². The molecule has 0 fully saturated rings. The number of nitrogens with zero attached hydrogens (tertiary/aromatic N) is 2. The molecule has 0 atom stereocenters. The smallest absolute Gasteiger partial charge is 0.317 e. The van der Waals surface area contributed by atoms with Crippen molar-refractivity contribution in [3.63, 3.8) is 0 Å². The van der Waals surface area contributed by atoms with E-state index in [1.807, 2.05) is 12.1 Å². The van der Waals surface area contributed by atoms with Gasteiger partial charge in [0.15, 0.2) is 0 Å². The maximum absolute atomic E-state index is 11.8. The Morgan fingerprint density at radius 1 is 1.26 bits per heavy atom. The molecule has 1 rings (SSSR count). The first-order chi connectivity index (χ1) is 9.27. The minimum absolute atomic E-state index is 0.0745. The van der Waals surface area contributed by atoms with Crippen LogP contribution in [0.15, 0.2) is 49.8 Å². The van der Waals surface area contributed by atoms with Crippen LogP contribution in [0.25, 0.3) is 0 Å². The second kappa shape index (κ2) is 8.91. The lowest BCUT2D eigenvalue weighted by molar-refractivity contribution is 0.208. The Balaban J connectivity index is 2.25. The second-order valence-corrected chi connectivity index (χ2v) is 4.17. The van der Waals surface area contributed by atoms with Gasteiger partial charge in [0.2, 0.25) is 0 Å². The molecule has 102 valence electrons. The number of carbonyl (C=O) groups is 1. The highest BCUT2D eigenvalue weighted by molar-refractivity contribution is 5.74. The van der Waals surface area contributed by atoms with E-state index < -0.39 is 0 Å². The van der Waals surface area contributed by atoms with E-state index in [1.165, 1.54) is 5.56 Å². The van der Waals surface area contributed by atoms with Gasteiger partial charge in [-0.25, -0.2) is 4.79 Å². The van der Waals surface area contributed by atoms with Gasteiger partial charge in [-0.1, -0.05) is 12.2 Å². The van der Waals surface area contributed by atoms with E-state index in [9.17, 15) is 4.79 Å². The minimum Gasteiger partial charge on any atom is -0.338 e. The number of amides is 2. The van der Waals surface area contributed by atoms with Crippen molar-refractivity contribution in [2.24, 2.45) is 0 Å². The zero-order valence-corrected chi connectivity index (χ0v) is 11.2. The van der Waals surface area contributed by atoms with Gasteiger partial charge >= 0.3 is 6.03 Å². The molecule has 0 saturated heterocycles. The summed E-state index contributed by atoms with van der Waals surface area (Å²) in [5, 5.41) is 2.90. The maximum Gasteiger partial charge on any atom is 0.317 e. The highest BCUT2D eigenvalue weighted by Gasteiger charge is 2.08. The molecule has 19 heavy (non-hydrogen) atoms. The van der Waals surface area contributed by atoms with E-state index in [0.717, 1.165) is 12.8 Å². The number of pyridine rings is 1. The fraction of sp³-hybridized carbons (Fsp3) is 0.333. The van der Waals surface area contributed by atoms with Crippen molar-refractivity contribution >= 4 is 6.03 Å². The van der Waals surface area contributed by atoms with Crippen LogP contribution in [0.3, 0.4) is 0 Å². The summed E-state index contributed by atoms with van der Waals surface area (Å²) in [4.78, 5) is 17.5. The average Bonchev–Trinajstić information content (AvgIpc) is 2.44. The lowest BCUT2D eigenvalue weighted by atomic mass is 10.1. The van der Waals surface area contributed by atoms with E-state index in [-0.39, 0.29) is 6.03 Å². The quantitative estimate of drug-likeness (QED) is 0.575. The topological polar surface area (TPSA) is 45.2 Å². The van der Waals surface area contributed by atoms with Crippen molar-refractivity contribution in [3.05, 3.63) is 55.4 Å². The molecule has 0 aliphatic heterocycles. The lowest BCUT2D eigenvalue weighted by Gasteiger charge is -2.19. The second-order valence-electron chi connectivity index (χ2n) is 4.17. The summed E-state index contributed by atoms with van der Waals surface area (Å²) in [6.07, 6.45) is 8.82. The zero-order chi connectivity index (χ0) is 13.9. The first-order valence-electron chi connectivity index (χ1n) is 6.41. The van der Waals surface area contributed by atoms with Gasteiger partial charge in [-0.05, 0) is 30.5 Å². The molecule has 0 unspecified atom stereocenters. The van der Waals surface area contributed by atoms with Gasteiger partial charge in [0.25, 0.3) is 0 Å². The number of carbonyl (C=O) groups excluding carboxylic acids is 1. The van der Waals surface area contributed by atoms with E-state index in [1.54, 1.807) is 29.4 Å². The standard InChI is InChI=1S/C15H21N3O/c1-3-12-18(13-4-2)15(19)17-9-5-6-14-7-10-16-11-8-14/h3-4,7-8,10-11H,1-2,5-6,9,12-13H2,(H,17,19). The van der Waals surface area contributed by atoms with Gasteiger partial charge < -0.3 is 10.2 Å². The van der Waals surface area contributed by atoms with Crippen molar-refractivity contribution in [2.45, 2.75) is 12.8 Å². The van der Waals surface area contributed by atoms with E-state index in [0.29, 0.717) is 19.6 Å². The Bertz CT molecular complexity index is 393. The van der Waals surface area contributed by atoms with Crippen molar-refractivity contribution in [1.29, 1.82) is 0 Å². The molecular formula is C15H21N3O. The summed E-state index contributed by atoms with van der Waals surface area (Å²) in [7, 11) is 0. The van der Waals surface area contributed by atoms with E-state index in [2.05, 4.69) is 23.5 Å². The summed E-state index contributed by atoms with van der Waals surface area (Å²) in [6.45, 7) is 9.00. The van der Waals surface area contributed by atoms with Gasteiger partial charge in [0, 0.05) is 32.0 Å². The number of nitrogens with one attached hydrogen (secondary N) is 1. The van der Waals surface area contributed by atoms with Gasteiger partial charge in [0.05, 0.1) is 0 Å². The fourth-order valence-corrected chi connectivity index (χ4v) is 1.70. The lowest BCUT2D eigenvalue weighted by Crippen LogP contribution is -2.40. The molecule has 0 radical (unpaired) electrons. The molecule has 1 heterocycles. The predicted octanol–water partition coefficient (Wildman–Crippen LogP) is 2.40. The Labute approximate surface area is 114 Å². The molecule has 0 saturated carbocycles. The molecule has 2 amide bonds. The van der Waals surface area contributed by atoms with Gasteiger partial charge in [0.1, 0.15) is 0 Å². The summed E-state index contributed by atoms with van der Waals surface area (Å²) < 4.78 is 0. The SMILES string of the molecule is C=CCN(CC=C)C(=O)NCCCc1ccncc1. The third kappa shape index (κ3) is 5.86. The van der Waals surface area contributed by atoms with Crippen LogP contribution in [0.5, 0.6) is 0 Å². The largest absolute Gasteiger partial charge is 0.338 e. The number of hydrogen-bond donors (Lipinski definition) is 1. The number of rotatable bonds is 8. The molecule has 1 aromatic rings. The molecule has 0 aliphatic rings. The van der Waals surface area contributed by atoms with Crippen molar-refractivity contribution in [1.82, 2.24) is 15.2 Å². The van der Waals surface area contributed by atoms with Crippen molar-refractivity contribution in [3.8, 4) is 0 Å². The van der Waals surface area contributed by atoms with Crippen LogP contribution in [0.1, 0.15) is 12.0 Å². The Hall–Kier alpha value is -2.10. The van der Waals surface area contributed by atoms with Crippen LogP contribution in [-0.2, 0) is 6.42 Å². The number of aromatic nitrogens is 1. The van der Waals surface area contributed by atoms with Gasteiger partial charge in [-0.15, -0.1) is 13.2 Å². The molecular weight excluding hydrogens is 238 g/mol. The molecule has 4 heteroatoms. The number of hydrogen-bond acceptors (Lipinski definition) is 2. The van der Waals surface area contributed by atoms with Gasteiger partial charge in [-0.3, -0.25) is 4.98 Å². The molecule has 0 aromatic carbocycles. The Morgan fingerprint density at radius 2 is 1.89 bits per heavy atom. The van der Waals surface area contributed by atoms with Crippen LogP contribution >= 0.6 is 0 Å². The van der Waals surface area contributed by atoms with Gasteiger partial charge in [-0.2, -0.15) is 0 Å². The first-order valence-corrected chi connectivity index (χ1v) is 6.41. The molecule has 0 bridgehead atoms. The predicted molar refractivity (Wildman–Crippen MR) is 77.9 cm³/mol.